The largest absolute Gasteiger partial charge is 0.495 e. The SMILES string of the molecule is COc1ccccc1S(=O)(=O)Nc1noc2c1CC1(CC1)c1ccc(N3CC[C@@](C)(O)C3)cc1-2. The minimum atomic E-state index is -3.92. The molecule has 0 amide bonds. The van der Waals surface area contributed by atoms with Crippen LogP contribution in [0, 0.1) is 0 Å². The molecular weight excluding hydrogens is 454 g/mol. The Bertz CT molecular complexity index is 1390. The third-order valence-corrected chi connectivity index (χ3v) is 8.76. The molecule has 178 valence electrons. The summed E-state index contributed by atoms with van der Waals surface area (Å²) < 4.78 is 40.0. The Morgan fingerprint density at radius 3 is 2.68 bits per heavy atom. The summed E-state index contributed by atoms with van der Waals surface area (Å²) in [7, 11) is -2.48. The van der Waals surface area contributed by atoms with Gasteiger partial charge in [-0.15, -0.1) is 0 Å². The number of ether oxygens (including phenoxy) is 1. The Kier molecular flexibility index (Phi) is 4.57. The summed E-state index contributed by atoms with van der Waals surface area (Å²) in [5, 5.41) is 14.6. The summed E-state index contributed by atoms with van der Waals surface area (Å²) in [5.74, 6) is 1.10. The van der Waals surface area contributed by atoms with Crippen molar-refractivity contribution in [3.63, 3.8) is 0 Å². The molecule has 2 heterocycles. The average Bonchev–Trinajstić information content (AvgIpc) is 3.34. The van der Waals surface area contributed by atoms with E-state index in [9.17, 15) is 13.5 Å². The smallest absolute Gasteiger partial charge is 0.266 e. The molecule has 8 nitrogen and oxygen atoms in total. The first kappa shape index (κ1) is 21.5. The molecule has 1 saturated carbocycles. The number of aliphatic hydroxyl groups is 1. The lowest BCUT2D eigenvalue weighted by Crippen LogP contribution is -2.29. The van der Waals surface area contributed by atoms with E-state index in [1.54, 1.807) is 18.2 Å². The maximum absolute atomic E-state index is 13.2. The van der Waals surface area contributed by atoms with Gasteiger partial charge in [0.05, 0.1) is 12.7 Å². The normalized spacial score (nSPS) is 22.4. The molecule has 1 saturated heterocycles. The standard InChI is InChI=1S/C25H27N3O5S/c1-24(29)11-12-28(15-24)16-7-8-19-17(13-16)22-18(14-25(19)9-10-25)23(26-33-22)27-34(30,31)21-6-4-3-5-20(21)32-2/h3-8,13,29H,9-12,14-15H2,1-2H3,(H,26,27)/t24-/m1/s1. The van der Waals surface area contributed by atoms with Gasteiger partial charge in [0.15, 0.2) is 11.6 Å². The monoisotopic (exact) mass is 481 g/mol. The van der Waals surface area contributed by atoms with Crippen molar-refractivity contribution >= 4 is 21.5 Å². The van der Waals surface area contributed by atoms with Crippen LogP contribution in [0.4, 0.5) is 11.5 Å². The fourth-order valence-electron chi connectivity index (χ4n) is 5.36. The fourth-order valence-corrected chi connectivity index (χ4v) is 6.56. The fraction of sp³-hybridized carbons (Fsp3) is 0.400. The molecule has 1 aromatic heterocycles. The molecule has 0 radical (unpaired) electrons. The van der Waals surface area contributed by atoms with Crippen molar-refractivity contribution in [3.05, 3.63) is 53.6 Å². The summed E-state index contributed by atoms with van der Waals surface area (Å²) in [6.07, 6.45) is 3.49. The van der Waals surface area contributed by atoms with Gasteiger partial charge >= 0.3 is 0 Å². The van der Waals surface area contributed by atoms with Crippen molar-refractivity contribution in [1.82, 2.24) is 5.16 Å². The van der Waals surface area contributed by atoms with E-state index in [-0.39, 0.29) is 21.9 Å². The van der Waals surface area contributed by atoms with Gasteiger partial charge in [0.25, 0.3) is 10.0 Å². The van der Waals surface area contributed by atoms with Crippen LogP contribution in [0.1, 0.15) is 37.3 Å². The van der Waals surface area contributed by atoms with Crippen molar-refractivity contribution in [1.29, 1.82) is 0 Å². The number of anilines is 2. The topological polar surface area (TPSA) is 105 Å². The van der Waals surface area contributed by atoms with Gasteiger partial charge in [-0.25, -0.2) is 8.42 Å². The van der Waals surface area contributed by atoms with Crippen LogP contribution in [0.25, 0.3) is 11.3 Å². The molecule has 2 aliphatic carbocycles. The van der Waals surface area contributed by atoms with E-state index in [0.717, 1.165) is 42.6 Å². The third kappa shape index (κ3) is 3.37. The van der Waals surface area contributed by atoms with Gasteiger partial charge in [0, 0.05) is 35.3 Å². The highest BCUT2D eigenvalue weighted by molar-refractivity contribution is 7.92. The first-order chi connectivity index (χ1) is 16.2. The van der Waals surface area contributed by atoms with Gasteiger partial charge < -0.3 is 19.3 Å². The highest BCUT2D eigenvalue weighted by Gasteiger charge is 2.51. The number of hydrogen-bond donors (Lipinski definition) is 2. The molecule has 9 heteroatoms. The van der Waals surface area contributed by atoms with Crippen LogP contribution < -0.4 is 14.4 Å². The van der Waals surface area contributed by atoms with Crippen molar-refractivity contribution < 1.29 is 22.8 Å². The molecule has 3 aliphatic rings. The number of fused-ring (bicyclic) bond motifs is 4. The highest BCUT2D eigenvalue weighted by atomic mass is 32.2. The minimum absolute atomic E-state index is 0.00640. The van der Waals surface area contributed by atoms with Crippen LogP contribution in [0.3, 0.4) is 0 Å². The Balaban J connectivity index is 1.39. The first-order valence-electron chi connectivity index (χ1n) is 11.5. The molecule has 1 aliphatic heterocycles. The van der Waals surface area contributed by atoms with E-state index in [1.807, 2.05) is 6.92 Å². The van der Waals surface area contributed by atoms with Gasteiger partial charge in [-0.05, 0) is 62.4 Å². The first-order valence-corrected chi connectivity index (χ1v) is 13.0. The zero-order chi connectivity index (χ0) is 23.7. The molecule has 6 rings (SSSR count). The molecule has 1 spiro atoms. The Labute approximate surface area is 198 Å². The predicted molar refractivity (Wildman–Crippen MR) is 128 cm³/mol. The summed E-state index contributed by atoms with van der Waals surface area (Å²) >= 11 is 0. The number of methoxy groups -OCH3 is 1. The van der Waals surface area contributed by atoms with E-state index in [4.69, 9.17) is 9.26 Å². The summed E-state index contributed by atoms with van der Waals surface area (Å²) in [6.45, 7) is 3.22. The summed E-state index contributed by atoms with van der Waals surface area (Å²) in [5.41, 5.74) is 3.28. The van der Waals surface area contributed by atoms with Crippen molar-refractivity contribution in [2.75, 3.05) is 29.8 Å². The molecule has 2 fully saturated rings. The molecule has 1 atom stereocenters. The maximum atomic E-state index is 13.2. The van der Waals surface area contributed by atoms with Gasteiger partial charge in [0.1, 0.15) is 10.6 Å². The molecule has 3 aromatic rings. The van der Waals surface area contributed by atoms with E-state index in [0.29, 0.717) is 18.7 Å². The second kappa shape index (κ2) is 7.23. The summed E-state index contributed by atoms with van der Waals surface area (Å²) in [6, 6.07) is 12.9. The molecular formula is C25H27N3O5S. The van der Waals surface area contributed by atoms with E-state index >= 15 is 0 Å². The van der Waals surface area contributed by atoms with Crippen molar-refractivity contribution in [2.45, 2.75) is 48.5 Å². The minimum Gasteiger partial charge on any atom is -0.495 e. The van der Waals surface area contributed by atoms with Crippen molar-refractivity contribution in [3.8, 4) is 17.1 Å². The highest BCUT2D eigenvalue weighted by Crippen LogP contribution is 2.58. The third-order valence-electron chi connectivity index (χ3n) is 7.38. The van der Waals surface area contributed by atoms with Crippen LogP contribution in [-0.2, 0) is 21.9 Å². The Hall–Kier alpha value is -3.04. The molecule has 2 aromatic carbocycles. The second-order valence-electron chi connectivity index (χ2n) is 9.95. The lowest BCUT2D eigenvalue weighted by atomic mass is 9.79. The molecule has 2 N–H and O–H groups in total. The molecule has 0 unspecified atom stereocenters. The predicted octanol–water partition coefficient (Wildman–Crippen LogP) is 3.70. The van der Waals surface area contributed by atoms with Crippen molar-refractivity contribution in [2.24, 2.45) is 0 Å². The number of aromatic nitrogens is 1. The van der Waals surface area contributed by atoms with Gasteiger partial charge in [-0.2, -0.15) is 0 Å². The van der Waals surface area contributed by atoms with Gasteiger partial charge in [-0.3, -0.25) is 4.72 Å². The quantitative estimate of drug-likeness (QED) is 0.572. The number of benzene rings is 2. The number of nitrogens with zero attached hydrogens (tertiary/aromatic N) is 2. The molecule has 0 bridgehead atoms. The van der Waals surface area contributed by atoms with Gasteiger partial charge in [-0.1, -0.05) is 23.4 Å². The van der Waals surface area contributed by atoms with Crippen LogP contribution in [-0.4, -0.2) is 44.5 Å². The number of nitrogens with one attached hydrogen (secondary N) is 1. The molecule has 34 heavy (non-hydrogen) atoms. The number of sulfonamides is 1. The van der Waals surface area contributed by atoms with Crippen LogP contribution in [0.5, 0.6) is 5.75 Å². The second-order valence-corrected chi connectivity index (χ2v) is 11.6. The lowest BCUT2D eigenvalue weighted by molar-refractivity contribution is 0.0839. The van der Waals surface area contributed by atoms with E-state index in [2.05, 4.69) is 33.0 Å². The number of hydrogen-bond acceptors (Lipinski definition) is 7. The number of rotatable bonds is 5. The van der Waals surface area contributed by atoms with Crippen LogP contribution in [0.2, 0.25) is 0 Å². The Morgan fingerprint density at radius 2 is 1.97 bits per heavy atom. The zero-order valence-electron chi connectivity index (χ0n) is 19.2. The lowest BCUT2D eigenvalue weighted by Gasteiger charge is -2.27. The zero-order valence-corrected chi connectivity index (χ0v) is 20.0. The maximum Gasteiger partial charge on any atom is 0.266 e. The van der Waals surface area contributed by atoms with Crippen LogP contribution >= 0.6 is 0 Å². The van der Waals surface area contributed by atoms with Crippen LogP contribution in [0.15, 0.2) is 51.9 Å². The van der Waals surface area contributed by atoms with E-state index < -0.39 is 15.6 Å². The summed E-state index contributed by atoms with van der Waals surface area (Å²) in [4.78, 5) is 2.23. The number of para-hydroxylation sites is 1. The van der Waals surface area contributed by atoms with E-state index in [1.165, 1.54) is 18.7 Å². The Morgan fingerprint density at radius 1 is 1.18 bits per heavy atom. The number of β-amino-alcohol motifs (C(OH)–C–C–N with tert-alkyl or cyclic N) is 1. The average molecular weight is 482 g/mol. The van der Waals surface area contributed by atoms with Gasteiger partial charge in [0.2, 0.25) is 0 Å².